The number of fused-ring (bicyclic) bond motifs is 1. The summed E-state index contributed by atoms with van der Waals surface area (Å²) in [5.74, 6) is -1.30. The highest BCUT2D eigenvalue weighted by Gasteiger charge is 2.49. The molecule has 4 aromatic carbocycles. The van der Waals surface area contributed by atoms with Crippen LogP contribution in [0.2, 0.25) is 0 Å². The van der Waals surface area contributed by atoms with Gasteiger partial charge in [0, 0.05) is 11.5 Å². The zero-order chi connectivity index (χ0) is 23.8. The van der Waals surface area contributed by atoms with E-state index in [4.69, 9.17) is 4.98 Å². The molecule has 5 rings (SSSR count). The molecule has 1 heterocycles. The Hall–Kier alpha value is -3.56. The predicted octanol–water partition coefficient (Wildman–Crippen LogP) is 6.01. The lowest BCUT2D eigenvalue weighted by Crippen LogP contribution is -2.39. The lowest BCUT2D eigenvalue weighted by molar-refractivity contribution is -0.139. The van der Waals surface area contributed by atoms with Crippen LogP contribution >= 0.6 is 7.26 Å². The van der Waals surface area contributed by atoms with Gasteiger partial charge in [-0.1, -0.05) is 54.6 Å². The quantitative estimate of drug-likeness (QED) is 0.229. The molecule has 6 heteroatoms. The molecule has 0 saturated carbocycles. The van der Waals surface area contributed by atoms with Crippen molar-refractivity contribution in [3.8, 4) is 0 Å². The zero-order valence-corrected chi connectivity index (χ0v) is 18.8. The van der Waals surface area contributed by atoms with Gasteiger partial charge in [0.15, 0.2) is 12.7 Å². The fourth-order valence-corrected chi connectivity index (χ4v) is 8.44. The summed E-state index contributed by atoms with van der Waals surface area (Å²) in [4.78, 5) is 4.77. The van der Waals surface area contributed by atoms with Gasteiger partial charge in [-0.15, -0.1) is 0 Å². The maximum Gasteiger partial charge on any atom is 0.419 e. The third-order valence-electron chi connectivity index (χ3n) is 5.84. The third-order valence-corrected chi connectivity index (χ3v) is 10.00. The molecule has 0 radical (unpaired) electrons. The number of pyridine rings is 1. The van der Waals surface area contributed by atoms with Crippen LogP contribution in [0, 0.1) is 5.82 Å². The molecule has 0 aliphatic rings. The van der Waals surface area contributed by atoms with Crippen LogP contribution < -0.4 is 21.3 Å². The maximum atomic E-state index is 14.2. The lowest BCUT2D eigenvalue weighted by atomic mass is 10.1. The van der Waals surface area contributed by atoms with E-state index in [1.165, 1.54) is 0 Å². The SMILES string of the molecule is Fc1cc2ccc([P+](c3ccccc3)(c3ccccc3)c3ccccc3)nc2cc1C(F)(F)F. The summed E-state index contributed by atoms with van der Waals surface area (Å²) in [5, 5.41) is 3.40. The molecule has 0 aliphatic heterocycles. The van der Waals surface area contributed by atoms with Gasteiger partial charge in [-0.05, 0) is 54.6 Å². The van der Waals surface area contributed by atoms with Crippen LogP contribution in [0.1, 0.15) is 5.56 Å². The number of nitrogens with zero attached hydrogens (tertiary/aromatic N) is 1. The second-order valence-corrected chi connectivity index (χ2v) is 11.2. The van der Waals surface area contributed by atoms with Gasteiger partial charge in [0.2, 0.25) is 0 Å². The van der Waals surface area contributed by atoms with Crippen LogP contribution in [0.25, 0.3) is 10.9 Å². The van der Waals surface area contributed by atoms with Crippen LogP contribution in [0.3, 0.4) is 0 Å². The molecule has 0 saturated heterocycles. The smallest absolute Gasteiger partial charge is 0.213 e. The monoisotopic (exact) mass is 476 g/mol. The van der Waals surface area contributed by atoms with Crippen LogP contribution in [0.5, 0.6) is 0 Å². The average molecular weight is 476 g/mol. The van der Waals surface area contributed by atoms with Crippen molar-refractivity contribution >= 4 is 39.5 Å². The Morgan fingerprint density at radius 1 is 0.588 bits per heavy atom. The molecule has 34 heavy (non-hydrogen) atoms. The average Bonchev–Trinajstić information content (AvgIpc) is 2.85. The number of alkyl halides is 3. The molecule has 0 bridgehead atoms. The molecule has 0 atom stereocenters. The highest BCUT2D eigenvalue weighted by Crippen LogP contribution is 2.53. The molecule has 1 aromatic heterocycles. The van der Waals surface area contributed by atoms with Gasteiger partial charge in [-0.2, -0.15) is 13.2 Å². The minimum absolute atomic E-state index is 0.110. The van der Waals surface area contributed by atoms with Crippen LogP contribution in [0.4, 0.5) is 17.6 Å². The van der Waals surface area contributed by atoms with Crippen molar-refractivity contribution in [3.63, 3.8) is 0 Å². The first kappa shape index (κ1) is 22.2. The summed E-state index contributed by atoms with van der Waals surface area (Å²) in [7, 11) is -2.56. The molecule has 0 spiro atoms. The first-order valence-corrected chi connectivity index (χ1v) is 12.4. The molecule has 0 unspecified atom stereocenters. The molecular formula is C28H19F4NP+. The summed E-state index contributed by atoms with van der Waals surface area (Å²) in [6.07, 6.45) is -4.81. The van der Waals surface area contributed by atoms with Crippen LogP contribution in [0.15, 0.2) is 115 Å². The Bertz CT molecular complexity index is 1340. The van der Waals surface area contributed by atoms with Gasteiger partial charge in [-0.3, -0.25) is 0 Å². The summed E-state index contributed by atoms with van der Waals surface area (Å²) in [5.41, 5.74) is -0.547. The van der Waals surface area contributed by atoms with Crippen molar-refractivity contribution < 1.29 is 17.6 Å². The van der Waals surface area contributed by atoms with E-state index in [1.54, 1.807) is 6.07 Å². The molecule has 1 nitrogen and oxygen atoms in total. The summed E-state index contributed by atoms with van der Waals surface area (Å²) < 4.78 is 54.5. The van der Waals surface area contributed by atoms with Crippen molar-refractivity contribution in [3.05, 3.63) is 127 Å². The normalized spacial score (nSPS) is 12.1. The standard InChI is InChI=1S/C28H19F4NP/c29-25-18-20-16-17-27(33-26(20)19-24(25)28(30,31)32)34(21-10-4-1-5-11-21,22-12-6-2-7-13-22)23-14-8-3-9-15-23/h1-19H/q+1. The fraction of sp³-hybridized carbons (Fsp3) is 0.0357. The molecule has 0 N–H and O–H groups in total. The lowest BCUT2D eigenvalue weighted by Gasteiger charge is -2.26. The van der Waals surface area contributed by atoms with E-state index in [1.807, 2.05) is 97.1 Å². The number of benzene rings is 4. The van der Waals surface area contributed by atoms with E-state index >= 15 is 0 Å². The fourth-order valence-electron chi connectivity index (χ4n) is 4.34. The topological polar surface area (TPSA) is 12.9 Å². The van der Waals surface area contributed by atoms with Gasteiger partial charge >= 0.3 is 6.18 Å². The number of hydrogen-bond donors (Lipinski definition) is 0. The van der Waals surface area contributed by atoms with Crippen LogP contribution in [-0.2, 0) is 6.18 Å². The van der Waals surface area contributed by atoms with Crippen molar-refractivity contribution in [1.82, 2.24) is 4.98 Å². The van der Waals surface area contributed by atoms with Gasteiger partial charge in [0.05, 0.1) is 11.1 Å². The van der Waals surface area contributed by atoms with E-state index in [9.17, 15) is 17.6 Å². The van der Waals surface area contributed by atoms with Gasteiger partial charge in [-0.25, -0.2) is 9.37 Å². The summed E-state index contributed by atoms with van der Waals surface area (Å²) in [6, 6.07) is 34.9. The molecule has 0 fully saturated rings. The maximum absolute atomic E-state index is 14.2. The number of halogens is 4. The summed E-state index contributed by atoms with van der Waals surface area (Å²) >= 11 is 0. The Morgan fingerprint density at radius 2 is 1.06 bits per heavy atom. The Morgan fingerprint density at radius 3 is 1.50 bits per heavy atom. The van der Waals surface area contributed by atoms with E-state index in [-0.39, 0.29) is 5.52 Å². The Labute approximate surface area is 195 Å². The molecule has 0 aliphatic carbocycles. The second kappa shape index (κ2) is 8.66. The highest BCUT2D eigenvalue weighted by atomic mass is 31.2. The number of aromatic nitrogens is 1. The van der Waals surface area contributed by atoms with Gasteiger partial charge in [0.25, 0.3) is 0 Å². The first-order chi connectivity index (χ1) is 16.4. The Kier molecular flexibility index (Phi) is 5.66. The largest absolute Gasteiger partial charge is 0.419 e. The van der Waals surface area contributed by atoms with Gasteiger partial charge < -0.3 is 0 Å². The third kappa shape index (κ3) is 3.76. The van der Waals surface area contributed by atoms with Gasteiger partial charge in [0.1, 0.15) is 21.7 Å². The van der Waals surface area contributed by atoms with E-state index in [0.717, 1.165) is 28.0 Å². The molecule has 5 aromatic rings. The van der Waals surface area contributed by atoms with Crippen molar-refractivity contribution in [1.29, 1.82) is 0 Å². The molecule has 0 amide bonds. The highest BCUT2D eigenvalue weighted by molar-refractivity contribution is 8.01. The van der Waals surface area contributed by atoms with E-state index in [2.05, 4.69) is 0 Å². The van der Waals surface area contributed by atoms with E-state index in [0.29, 0.717) is 10.8 Å². The number of rotatable bonds is 4. The first-order valence-electron chi connectivity index (χ1n) is 10.6. The zero-order valence-electron chi connectivity index (χ0n) is 17.9. The van der Waals surface area contributed by atoms with E-state index < -0.39 is 24.8 Å². The second-order valence-electron chi connectivity index (χ2n) is 7.87. The predicted molar refractivity (Wildman–Crippen MR) is 131 cm³/mol. The van der Waals surface area contributed by atoms with Crippen molar-refractivity contribution in [2.24, 2.45) is 0 Å². The van der Waals surface area contributed by atoms with Crippen molar-refractivity contribution in [2.45, 2.75) is 6.18 Å². The van der Waals surface area contributed by atoms with Crippen molar-refractivity contribution in [2.75, 3.05) is 0 Å². The number of hydrogen-bond acceptors (Lipinski definition) is 1. The minimum Gasteiger partial charge on any atom is -0.213 e. The molecular weight excluding hydrogens is 457 g/mol. The summed E-state index contributed by atoms with van der Waals surface area (Å²) in [6.45, 7) is 0. The minimum atomic E-state index is -4.81. The van der Waals surface area contributed by atoms with Crippen LogP contribution in [-0.4, -0.2) is 4.98 Å². The molecule has 168 valence electrons. The Balaban J connectivity index is 1.88.